The fourth-order valence-corrected chi connectivity index (χ4v) is 3.56. The number of nitrogens with zero attached hydrogens (tertiary/aromatic N) is 5. The molecule has 0 aliphatic carbocycles. The Kier molecular flexibility index (Phi) is 4.42. The second-order valence-electron chi connectivity index (χ2n) is 5.55. The monoisotopic (exact) mass is 333 g/mol. The van der Waals surface area contributed by atoms with Gasteiger partial charge in [-0.05, 0) is 18.6 Å². The fraction of sp³-hybridized carbons (Fsp3) is 0.467. The van der Waals surface area contributed by atoms with Gasteiger partial charge in [-0.3, -0.25) is 10.1 Å². The van der Waals surface area contributed by atoms with Crippen molar-refractivity contribution < 1.29 is 4.92 Å². The third-order valence-corrected chi connectivity index (χ3v) is 4.87. The number of piperazine rings is 1. The number of hydrogen-bond donors (Lipinski definition) is 0. The number of nitro groups is 1. The van der Waals surface area contributed by atoms with Crippen LogP contribution >= 0.6 is 11.5 Å². The highest BCUT2D eigenvalue weighted by atomic mass is 32.1. The first kappa shape index (κ1) is 15.7. The van der Waals surface area contributed by atoms with Gasteiger partial charge < -0.3 is 9.80 Å². The number of anilines is 2. The van der Waals surface area contributed by atoms with Crippen LogP contribution < -0.4 is 9.80 Å². The quantitative estimate of drug-likeness (QED) is 0.632. The third-order valence-electron chi connectivity index (χ3n) is 4.06. The predicted octanol–water partition coefficient (Wildman–Crippen LogP) is 2.64. The van der Waals surface area contributed by atoms with Crippen molar-refractivity contribution in [3.8, 4) is 0 Å². The molecule has 1 aromatic heterocycles. The summed E-state index contributed by atoms with van der Waals surface area (Å²) < 4.78 is 4.34. The van der Waals surface area contributed by atoms with Crippen molar-refractivity contribution in [2.45, 2.75) is 20.3 Å². The molecule has 0 amide bonds. The van der Waals surface area contributed by atoms with Crippen LogP contribution in [0.3, 0.4) is 0 Å². The van der Waals surface area contributed by atoms with E-state index in [-0.39, 0.29) is 10.6 Å². The SMILES string of the molecule is CCc1nsc(N2CCN(c3ccc([N+](=O)[O-])cc3C)CC2)n1. The Bertz CT molecular complexity index is 710. The summed E-state index contributed by atoms with van der Waals surface area (Å²) in [6, 6.07) is 5.07. The largest absolute Gasteiger partial charge is 0.368 e. The van der Waals surface area contributed by atoms with E-state index in [1.165, 1.54) is 11.5 Å². The van der Waals surface area contributed by atoms with Gasteiger partial charge in [0, 0.05) is 62.0 Å². The zero-order valence-corrected chi connectivity index (χ0v) is 14.0. The first-order chi connectivity index (χ1) is 11.1. The molecule has 2 heterocycles. The van der Waals surface area contributed by atoms with Crippen LogP contribution in [0.15, 0.2) is 18.2 Å². The molecule has 1 aliphatic heterocycles. The Morgan fingerprint density at radius 1 is 1.26 bits per heavy atom. The molecule has 0 radical (unpaired) electrons. The summed E-state index contributed by atoms with van der Waals surface area (Å²) in [6.45, 7) is 7.50. The minimum Gasteiger partial charge on any atom is -0.368 e. The van der Waals surface area contributed by atoms with Crippen LogP contribution in [0.5, 0.6) is 0 Å². The lowest BCUT2D eigenvalue weighted by atomic mass is 10.1. The standard InChI is InChI=1S/C15H19N5O2S/c1-3-14-16-15(23-17-14)19-8-6-18(7-9-19)13-5-4-12(20(21)22)10-11(13)2/h4-5,10H,3,6-9H2,1-2H3. The van der Waals surface area contributed by atoms with Crippen LogP contribution in [0, 0.1) is 17.0 Å². The van der Waals surface area contributed by atoms with Gasteiger partial charge in [0.1, 0.15) is 5.82 Å². The minimum atomic E-state index is -0.352. The van der Waals surface area contributed by atoms with Gasteiger partial charge in [0.2, 0.25) is 5.13 Å². The average Bonchev–Trinajstić information content (AvgIpc) is 3.04. The first-order valence-electron chi connectivity index (χ1n) is 7.66. The maximum atomic E-state index is 10.8. The van der Waals surface area contributed by atoms with Gasteiger partial charge in [-0.25, -0.2) is 4.98 Å². The van der Waals surface area contributed by atoms with E-state index in [9.17, 15) is 10.1 Å². The molecular formula is C15H19N5O2S. The molecule has 3 rings (SSSR count). The Hall–Kier alpha value is -2.22. The second-order valence-corrected chi connectivity index (χ2v) is 6.28. The fourth-order valence-electron chi connectivity index (χ4n) is 2.76. The second kappa shape index (κ2) is 6.49. The highest BCUT2D eigenvalue weighted by Gasteiger charge is 2.21. The van der Waals surface area contributed by atoms with Crippen molar-refractivity contribution in [2.24, 2.45) is 0 Å². The summed E-state index contributed by atoms with van der Waals surface area (Å²) in [7, 11) is 0. The van der Waals surface area contributed by atoms with E-state index in [0.717, 1.165) is 54.8 Å². The molecule has 1 saturated heterocycles. The minimum absolute atomic E-state index is 0.144. The lowest BCUT2D eigenvalue weighted by molar-refractivity contribution is -0.384. The summed E-state index contributed by atoms with van der Waals surface area (Å²) in [5, 5.41) is 11.8. The molecule has 0 bridgehead atoms. The van der Waals surface area contributed by atoms with Crippen LogP contribution in [-0.2, 0) is 6.42 Å². The molecule has 0 N–H and O–H groups in total. The maximum absolute atomic E-state index is 10.8. The molecule has 7 nitrogen and oxygen atoms in total. The van der Waals surface area contributed by atoms with E-state index < -0.39 is 0 Å². The zero-order chi connectivity index (χ0) is 16.4. The van der Waals surface area contributed by atoms with Gasteiger partial charge in [0.05, 0.1) is 4.92 Å². The number of aryl methyl sites for hydroxylation is 2. The molecule has 122 valence electrons. The number of nitro benzene ring substituents is 1. The number of aromatic nitrogens is 2. The van der Waals surface area contributed by atoms with Crippen molar-refractivity contribution in [3.63, 3.8) is 0 Å². The van der Waals surface area contributed by atoms with E-state index in [4.69, 9.17) is 0 Å². The van der Waals surface area contributed by atoms with Crippen LogP contribution in [-0.4, -0.2) is 40.5 Å². The lowest BCUT2D eigenvalue weighted by Crippen LogP contribution is -2.46. The highest BCUT2D eigenvalue weighted by molar-refractivity contribution is 7.09. The van der Waals surface area contributed by atoms with Crippen LogP contribution in [0.25, 0.3) is 0 Å². The van der Waals surface area contributed by atoms with Crippen LogP contribution in [0.1, 0.15) is 18.3 Å². The number of hydrogen-bond acceptors (Lipinski definition) is 7. The first-order valence-corrected chi connectivity index (χ1v) is 8.43. The molecule has 0 atom stereocenters. The lowest BCUT2D eigenvalue weighted by Gasteiger charge is -2.36. The smallest absolute Gasteiger partial charge is 0.269 e. The Balaban J connectivity index is 1.68. The summed E-state index contributed by atoms with van der Waals surface area (Å²) in [5.41, 5.74) is 2.16. The van der Waals surface area contributed by atoms with Gasteiger partial charge in [-0.1, -0.05) is 6.92 Å². The average molecular weight is 333 g/mol. The van der Waals surface area contributed by atoms with Gasteiger partial charge >= 0.3 is 0 Å². The number of non-ortho nitro benzene ring substituents is 1. The number of rotatable bonds is 4. The summed E-state index contributed by atoms with van der Waals surface area (Å²) in [6.07, 6.45) is 0.860. The van der Waals surface area contributed by atoms with Gasteiger partial charge in [0.15, 0.2) is 0 Å². The molecule has 0 saturated carbocycles. The summed E-state index contributed by atoms with van der Waals surface area (Å²) in [5.74, 6) is 0.902. The van der Waals surface area contributed by atoms with Crippen molar-refractivity contribution >= 4 is 28.0 Å². The molecule has 2 aromatic rings. The Labute approximate surface area is 138 Å². The van der Waals surface area contributed by atoms with Crippen molar-refractivity contribution in [1.82, 2.24) is 9.36 Å². The predicted molar refractivity (Wildman–Crippen MR) is 91.5 cm³/mol. The molecule has 1 fully saturated rings. The molecule has 0 spiro atoms. The van der Waals surface area contributed by atoms with Crippen LogP contribution in [0.4, 0.5) is 16.5 Å². The molecule has 1 aromatic carbocycles. The van der Waals surface area contributed by atoms with E-state index >= 15 is 0 Å². The molecule has 0 unspecified atom stereocenters. The van der Waals surface area contributed by atoms with E-state index in [2.05, 4.69) is 26.1 Å². The maximum Gasteiger partial charge on any atom is 0.269 e. The Morgan fingerprint density at radius 2 is 1.96 bits per heavy atom. The van der Waals surface area contributed by atoms with E-state index in [0.29, 0.717) is 0 Å². The summed E-state index contributed by atoms with van der Waals surface area (Å²) >= 11 is 1.46. The Morgan fingerprint density at radius 3 is 2.52 bits per heavy atom. The molecule has 23 heavy (non-hydrogen) atoms. The van der Waals surface area contributed by atoms with Gasteiger partial charge in [-0.2, -0.15) is 4.37 Å². The highest BCUT2D eigenvalue weighted by Crippen LogP contribution is 2.27. The van der Waals surface area contributed by atoms with Crippen molar-refractivity contribution in [3.05, 3.63) is 39.7 Å². The molecule has 8 heteroatoms. The zero-order valence-electron chi connectivity index (χ0n) is 13.2. The van der Waals surface area contributed by atoms with Crippen molar-refractivity contribution in [1.29, 1.82) is 0 Å². The van der Waals surface area contributed by atoms with Gasteiger partial charge in [0.25, 0.3) is 5.69 Å². The summed E-state index contributed by atoms with van der Waals surface area (Å²) in [4.78, 5) is 19.6. The third kappa shape index (κ3) is 3.26. The van der Waals surface area contributed by atoms with Gasteiger partial charge in [-0.15, -0.1) is 0 Å². The number of benzene rings is 1. The van der Waals surface area contributed by atoms with Crippen molar-refractivity contribution in [2.75, 3.05) is 36.0 Å². The molecular weight excluding hydrogens is 314 g/mol. The molecule has 1 aliphatic rings. The van der Waals surface area contributed by atoms with Crippen LogP contribution in [0.2, 0.25) is 0 Å². The topological polar surface area (TPSA) is 75.4 Å². The van der Waals surface area contributed by atoms with E-state index in [1.54, 1.807) is 12.1 Å². The van der Waals surface area contributed by atoms with E-state index in [1.807, 2.05) is 13.0 Å². The normalized spacial score (nSPS) is 15.0.